The third-order valence-electron chi connectivity index (χ3n) is 4.27. The second-order valence-corrected chi connectivity index (χ2v) is 5.55. The lowest BCUT2D eigenvalue weighted by atomic mass is 9.78. The lowest BCUT2D eigenvalue weighted by Crippen LogP contribution is -2.51. The molecule has 0 spiro atoms. The van der Waals surface area contributed by atoms with Gasteiger partial charge in [-0.3, -0.25) is 4.79 Å². The Morgan fingerprint density at radius 1 is 1.50 bits per heavy atom. The zero-order chi connectivity index (χ0) is 13.0. The number of likely N-dealkylation sites (tertiary alicyclic amines) is 1. The third kappa shape index (κ3) is 2.68. The Kier molecular flexibility index (Phi) is 4.59. The molecule has 0 bridgehead atoms. The molecule has 1 amide bonds. The van der Waals surface area contributed by atoms with E-state index in [2.05, 4.69) is 5.32 Å². The van der Waals surface area contributed by atoms with Gasteiger partial charge in [0.1, 0.15) is 0 Å². The largest absolute Gasteiger partial charge is 0.396 e. The normalized spacial score (nSPS) is 27.4. The molecule has 0 aromatic carbocycles. The van der Waals surface area contributed by atoms with E-state index in [0.29, 0.717) is 13.2 Å². The molecule has 2 fully saturated rings. The maximum atomic E-state index is 12.7. The number of carbonyl (C=O) groups is 1. The highest BCUT2D eigenvalue weighted by Crippen LogP contribution is 2.33. The van der Waals surface area contributed by atoms with Crippen LogP contribution in [-0.4, -0.2) is 62.4 Å². The van der Waals surface area contributed by atoms with Crippen LogP contribution in [0.1, 0.15) is 19.3 Å². The highest BCUT2D eigenvalue weighted by molar-refractivity contribution is 5.83. The molecule has 104 valence electrons. The Bertz CT molecular complexity index is 284. The number of methoxy groups -OCH3 is 1. The van der Waals surface area contributed by atoms with E-state index in [4.69, 9.17) is 4.74 Å². The van der Waals surface area contributed by atoms with Crippen LogP contribution in [0.4, 0.5) is 0 Å². The minimum absolute atomic E-state index is 0.183. The predicted molar refractivity (Wildman–Crippen MR) is 68.2 cm³/mol. The average Bonchev–Trinajstić information content (AvgIpc) is 2.88. The van der Waals surface area contributed by atoms with Gasteiger partial charge in [-0.15, -0.1) is 0 Å². The first-order valence-electron chi connectivity index (χ1n) is 6.82. The molecule has 2 aliphatic rings. The maximum Gasteiger partial charge on any atom is 0.231 e. The fraction of sp³-hybridized carbons (Fsp3) is 0.923. The van der Waals surface area contributed by atoms with Crippen LogP contribution in [0.3, 0.4) is 0 Å². The summed E-state index contributed by atoms with van der Waals surface area (Å²) in [7, 11) is 1.66. The van der Waals surface area contributed by atoms with Crippen molar-refractivity contribution in [2.45, 2.75) is 19.3 Å². The minimum atomic E-state index is -0.343. The number of ether oxygens (including phenoxy) is 1. The molecule has 5 nitrogen and oxygen atoms in total. The topological polar surface area (TPSA) is 61.8 Å². The molecule has 2 heterocycles. The third-order valence-corrected chi connectivity index (χ3v) is 4.27. The van der Waals surface area contributed by atoms with Crippen molar-refractivity contribution < 1.29 is 14.6 Å². The first kappa shape index (κ1) is 13.8. The number of piperidine rings is 1. The van der Waals surface area contributed by atoms with Crippen molar-refractivity contribution in [3.63, 3.8) is 0 Å². The van der Waals surface area contributed by atoms with Gasteiger partial charge in [0.05, 0.1) is 12.0 Å². The number of amides is 1. The lowest BCUT2D eigenvalue weighted by Gasteiger charge is -2.38. The maximum absolute atomic E-state index is 12.7. The Morgan fingerprint density at radius 2 is 2.22 bits per heavy atom. The number of nitrogens with zero attached hydrogens (tertiary/aromatic N) is 1. The van der Waals surface area contributed by atoms with Gasteiger partial charge in [0.25, 0.3) is 0 Å². The van der Waals surface area contributed by atoms with Crippen molar-refractivity contribution in [3.8, 4) is 0 Å². The van der Waals surface area contributed by atoms with Gasteiger partial charge in [0.2, 0.25) is 5.91 Å². The Labute approximate surface area is 108 Å². The summed E-state index contributed by atoms with van der Waals surface area (Å²) in [4.78, 5) is 14.6. The van der Waals surface area contributed by atoms with Gasteiger partial charge in [0, 0.05) is 32.7 Å². The zero-order valence-electron chi connectivity index (χ0n) is 11.2. The van der Waals surface area contributed by atoms with Gasteiger partial charge in [-0.1, -0.05) is 0 Å². The van der Waals surface area contributed by atoms with Crippen molar-refractivity contribution in [2.24, 2.45) is 11.3 Å². The Hall–Kier alpha value is -0.650. The SMILES string of the molecule is COCC1(C(=O)N2CCC(CO)C2)CCNCC1. The molecule has 0 aromatic rings. The summed E-state index contributed by atoms with van der Waals surface area (Å²) in [5, 5.41) is 12.5. The number of aliphatic hydroxyl groups excluding tert-OH is 1. The highest BCUT2D eigenvalue weighted by atomic mass is 16.5. The smallest absolute Gasteiger partial charge is 0.231 e. The molecule has 1 atom stereocenters. The van der Waals surface area contributed by atoms with Crippen molar-refractivity contribution in [1.82, 2.24) is 10.2 Å². The molecular weight excluding hydrogens is 232 g/mol. The molecule has 5 heteroatoms. The summed E-state index contributed by atoms with van der Waals surface area (Å²) in [5.74, 6) is 0.483. The second kappa shape index (κ2) is 5.99. The molecule has 0 aliphatic carbocycles. The van der Waals surface area contributed by atoms with Gasteiger partial charge in [0.15, 0.2) is 0 Å². The summed E-state index contributed by atoms with van der Waals surface area (Å²) >= 11 is 0. The van der Waals surface area contributed by atoms with E-state index in [0.717, 1.165) is 38.9 Å². The van der Waals surface area contributed by atoms with Crippen molar-refractivity contribution >= 4 is 5.91 Å². The highest BCUT2D eigenvalue weighted by Gasteiger charge is 2.43. The fourth-order valence-electron chi connectivity index (χ4n) is 3.10. The van der Waals surface area contributed by atoms with Crippen molar-refractivity contribution in [2.75, 3.05) is 46.5 Å². The molecule has 2 rings (SSSR count). The number of aliphatic hydroxyl groups is 1. The van der Waals surface area contributed by atoms with Gasteiger partial charge < -0.3 is 20.1 Å². The number of rotatable bonds is 4. The van der Waals surface area contributed by atoms with E-state index in [-0.39, 0.29) is 23.8 Å². The average molecular weight is 256 g/mol. The van der Waals surface area contributed by atoms with Crippen molar-refractivity contribution in [1.29, 1.82) is 0 Å². The zero-order valence-corrected chi connectivity index (χ0v) is 11.2. The molecule has 0 aromatic heterocycles. The molecule has 18 heavy (non-hydrogen) atoms. The molecule has 1 unspecified atom stereocenters. The lowest BCUT2D eigenvalue weighted by molar-refractivity contribution is -0.146. The predicted octanol–water partition coefficient (Wildman–Crippen LogP) is -0.157. The standard InChI is InChI=1S/C13H24N2O3/c1-18-10-13(3-5-14-6-4-13)12(17)15-7-2-11(8-15)9-16/h11,14,16H,2-10H2,1H3. The molecule has 2 N–H and O–H groups in total. The molecular formula is C13H24N2O3. The fourth-order valence-corrected chi connectivity index (χ4v) is 3.10. The number of hydrogen-bond donors (Lipinski definition) is 2. The number of nitrogens with one attached hydrogen (secondary N) is 1. The van der Waals surface area contributed by atoms with Gasteiger partial charge in [-0.25, -0.2) is 0 Å². The monoisotopic (exact) mass is 256 g/mol. The summed E-state index contributed by atoms with van der Waals surface area (Å²) in [5.41, 5.74) is -0.343. The summed E-state index contributed by atoms with van der Waals surface area (Å²) in [6.45, 7) is 3.94. The van der Waals surface area contributed by atoms with Gasteiger partial charge in [-0.2, -0.15) is 0 Å². The van der Waals surface area contributed by atoms with E-state index in [1.165, 1.54) is 0 Å². The molecule has 0 saturated carbocycles. The number of hydrogen-bond acceptors (Lipinski definition) is 4. The van der Waals surface area contributed by atoms with E-state index in [1.54, 1.807) is 7.11 Å². The minimum Gasteiger partial charge on any atom is -0.396 e. The van der Waals surface area contributed by atoms with Crippen LogP contribution in [-0.2, 0) is 9.53 Å². The van der Waals surface area contributed by atoms with Gasteiger partial charge in [-0.05, 0) is 32.4 Å². The van der Waals surface area contributed by atoms with Crippen LogP contribution >= 0.6 is 0 Å². The van der Waals surface area contributed by atoms with E-state index in [1.807, 2.05) is 4.90 Å². The first-order chi connectivity index (χ1) is 8.72. The summed E-state index contributed by atoms with van der Waals surface area (Å²) < 4.78 is 5.29. The van der Waals surface area contributed by atoms with Gasteiger partial charge >= 0.3 is 0 Å². The van der Waals surface area contributed by atoms with E-state index >= 15 is 0 Å². The van der Waals surface area contributed by atoms with E-state index < -0.39 is 0 Å². The molecule has 0 radical (unpaired) electrons. The van der Waals surface area contributed by atoms with E-state index in [9.17, 15) is 9.90 Å². The van der Waals surface area contributed by atoms with Crippen LogP contribution in [0.15, 0.2) is 0 Å². The summed E-state index contributed by atoms with van der Waals surface area (Å²) in [6, 6.07) is 0. The van der Waals surface area contributed by atoms with Crippen LogP contribution in [0, 0.1) is 11.3 Å². The molecule has 2 saturated heterocycles. The number of carbonyl (C=O) groups excluding carboxylic acids is 1. The summed E-state index contributed by atoms with van der Waals surface area (Å²) in [6.07, 6.45) is 2.61. The first-order valence-corrected chi connectivity index (χ1v) is 6.82. The quantitative estimate of drug-likeness (QED) is 0.734. The second-order valence-electron chi connectivity index (χ2n) is 5.55. The Balaban J connectivity index is 2.04. The Morgan fingerprint density at radius 3 is 2.78 bits per heavy atom. The van der Waals surface area contributed by atoms with Crippen LogP contribution in [0.5, 0.6) is 0 Å². The molecule has 2 aliphatic heterocycles. The van der Waals surface area contributed by atoms with Crippen molar-refractivity contribution in [3.05, 3.63) is 0 Å². The van der Waals surface area contributed by atoms with Crippen LogP contribution < -0.4 is 5.32 Å². The van der Waals surface area contributed by atoms with Crippen LogP contribution in [0.2, 0.25) is 0 Å². The van der Waals surface area contributed by atoms with Crippen LogP contribution in [0.25, 0.3) is 0 Å².